The summed E-state index contributed by atoms with van der Waals surface area (Å²) in [5, 5.41) is 5.67. The van der Waals surface area contributed by atoms with Gasteiger partial charge in [-0.3, -0.25) is 4.79 Å². The highest BCUT2D eigenvalue weighted by Gasteiger charge is 2.67. The fourth-order valence-corrected chi connectivity index (χ4v) is 3.80. The molecule has 7 nitrogen and oxygen atoms in total. The van der Waals surface area contributed by atoms with Crippen molar-refractivity contribution >= 4 is 18.1 Å². The number of rotatable bonds is 9. The second kappa shape index (κ2) is 10.8. The van der Waals surface area contributed by atoms with Crippen molar-refractivity contribution in [1.82, 2.24) is 15.3 Å². The Bertz CT molecular complexity index is 1300. The van der Waals surface area contributed by atoms with Gasteiger partial charge in [-0.25, -0.2) is 15.0 Å². The second-order valence-electron chi connectivity index (χ2n) is 8.61. The minimum atomic E-state index is -4.40. The number of hydrogen-bond donors (Lipinski definition) is 2. The van der Waals surface area contributed by atoms with Crippen LogP contribution < -0.4 is 10.6 Å². The lowest BCUT2D eigenvalue weighted by atomic mass is 10.0. The molecule has 0 atom stereocenters. The average molecular weight is 510 g/mol. The quantitative estimate of drug-likeness (QED) is 0.329. The van der Waals surface area contributed by atoms with Crippen LogP contribution in [-0.4, -0.2) is 28.3 Å². The fourth-order valence-electron chi connectivity index (χ4n) is 3.80. The van der Waals surface area contributed by atoms with Gasteiger partial charge in [0.1, 0.15) is 23.3 Å². The minimum Gasteiger partial charge on any atom is -0.460 e. The lowest BCUT2D eigenvalue weighted by Crippen LogP contribution is -2.29. The van der Waals surface area contributed by atoms with E-state index < -0.39 is 11.6 Å². The number of nitrogens with one attached hydrogen (secondary N) is 2. The highest BCUT2D eigenvalue weighted by atomic mass is 19.4. The van der Waals surface area contributed by atoms with Crippen molar-refractivity contribution in [3.8, 4) is 11.1 Å². The Morgan fingerprint density at radius 1 is 1.16 bits per heavy atom. The number of nitrogens with zero attached hydrogens (tertiary/aromatic N) is 3. The van der Waals surface area contributed by atoms with Crippen LogP contribution in [0.15, 0.2) is 83.1 Å². The van der Waals surface area contributed by atoms with Crippen LogP contribution in [0, 0.1) is 5.41 Å². The molecule has 4 rings (SSSR count). The zero-order valence-corrected chi connectivity index (χ0v) is 20.4. The molecule has 0 bridgehead atoms. The van der Waals surface area contributed by atoms with Gasteiger partial charge in [-0.05, 0) is 43.4 Å². The number of anilines is 1. The first kappa shape index (κ1) is 25.9. The number of allylic oxidation sites excluding steroid dienone is 3. The van der Waals surface area contributed by atoms with E-state index in [1.807, 2.05) is 32.1 Å². The maximum absolute atomic E-state index is 13.4. The molecule has 0 spiro atoms. The average Bonchev–Trinajstić information content (AvgIpc) is 3.68. The van der Waals surface area contributed by atoms with Crippen LogP contribution in [0.4, 0.5) is 19.1 Å². The molecular formula is C27H26F3N5O2. The molecule has 1 aromatic heterocycles. The van der Waals surface area contributed by atoms with Gasteiger partial charge in [0.2, 0.25) is 11.9 Å². The maximum Gasteiger partial charge on any atom is 0.401 e. The predicted octanol–water partition coefficient (Wildman–Crippen LogP) is 5.81. The molecule has 1 aromatic carbocycles. The van der Waals surface area contributed by atoms with E-state index in [-0.39, 0.29) is 36.6 Å². The van der Waals surface area contributed by atoms with Crippen LogP contribution in [0.5, 0.6) is 0 Å². The third-order valence-corrected chi connectivity index (χ3v) is 5.92. The van der Waals surface area contributed by atoms with E-state index in [2.05, 4.69) is 31.3 Å². The lowest BCUT2D eigenvalue weighted by molar-refractivity contribution is -0.183. The van der Waals surface area contributed by atoms with E-state index in [9.17, 15) is 18.0 Å². The van der Waals surface area contributed by atoms with Crippen molar-refractivity contribution in [2.24, 2.45) is 10.4 Å². The van der Waals surface area contributed by atoms with Gasteiger partial charge in [-0.2, -0.15) is 13.2 Å². The van der Waals surface area contributed by atoms with Crippen LogP contribution in [0.2, 0.25) is 0 Å². The molecule has 2 N–H and O–H groups in total. The minimum absolute atomic E-state index is 0.0294. The summed E-state index contributed by atoms with van der Waals surface area (Å²) >= 11 is 0. The van der Waals surface area contributed by atoms with Crippen molar-refractivity contribution < 1.29 is 22.7 Å². The number of aliphatic imine (C=N–C) groups is 1. The molecule has 2 aliphatic rings. The van der Waals surface area contributed by atoms with Crippen LogP contribution in [0.25, 0.3) is 11.1 Å². The van der Waals surface area contributed by atoms with Gasteiger partial charge in [0.15, 0.2) is 0 Å². The van der Waals surface area contributed by atoms with Gasteiger partial charge in [0.25, 0.3) is 0 Å². The topological polar surface area (TPSA) is 88.5 Å². The van der Waals surface area contributed by atoms with E-state index in [1.54, 1.807) is 30.7 Å². The number of halogens is 3. The van der Waals surface area contributed by atoms with E-state index in [0.717, 1.165) is 29.4 Å². The molecule has 1 amide bonds. The summed E-state index contributed by atoms with van der Waals surface area (Å²) in [6.45, 7) is 3.84. The summed E-state index contributed by atoms with van der Waals surface area (Å²) < 4.78 is 45.2. The molecule has 2 aromatic rings. The number of ether oxygens (including phenoxy) is 1. The molecule has 1 aliphatic carbocycles. The van der Waals surface area contributed by atoms with Gasteiger partial charge in [0, 0.05) is 30.2 Å². The Balaban J connectivity index is 1.36. The maximum atomic E-state index is 13.4. The lowest BCUT2D eigenvalue weighted by Gasteiger charge is -2.22. The Hall–Kier alpha value is -4.17. The number of carbonyl (C=O) groups is 1. The van der Waals surface area contributed by atoms with Crippen molar-refractivity contribution in [2.45, 2.75) is 45.7 Å². The smallest absolute Gasteiger partial charge is 0.401 e. The number of carbonyl (C=O) groups excluding carboxylic acids is 1. The second-order valence-corrected chi connectivity index (χ2v) is 8.61. The normalized spacial score (nSPS) is 16.6. The van der Waals surface area contributed by atoms with Gasteiger partial charge in [-0.1, -0.05) is 36.9 Å². The Morgan fingerprint density at radius 2 is 1.86 bits per heavy atom. The highest BCUT2D eigenvalue weighted by molar-refractivity contribution is 5.81. The molecule has 2 heterocycles. The summed E-state index contributed by atoms with van der Waals surface area (Å²) in [6, 6.07) is 7.31. The molecule has 0 radical (unpaired) electrons. The third kappa shape index (κ3) is 6.16. The first-order valence-electron chi connectivity index (χ1n) is 11.8. The molecule has 1 aliphatic heterocycles. The van der Waals surface area contributed by atoms with Crippen LogP contribution in [0.1, 0.15) is 38.7 Å². The molecular weight excluding hydrogens is 483 g/mol. The molecule has 1 saturated carbocycles. The van der Waals surface area contributed by atoms with E-state index in [0.29, 0.717) is 11.8 Å². The molecule has 37 heavy (non-hydrogen) atoms. The SMILES string of the molecule is C/C=N\C(=C/CC)Nc1ncc(-c2ccc(CC(=O)NC3=C=COC(C4(C(F)(F)F)CC4)=C3)cc2)cn1. The van der Waals surface area contributed by atoms with Crippen molar-refractivity contribution in [3.63, 3.8) is 0 Å². The highest BCUT2D eigenvalue weighted by Crippen LogP contribution is 2.62. The summed E-state index contributed by atoms with van der Waals surface area (Å²) in [7, 11) is 0. The van der Waals surface area contributed by atoms with Crippen molar-refractivity contribution in [2.75, 3.05) is 5.32 Å². The van der Waals surface area contributed by atoms with Crippen molar-refractivity contribution in [3.05, 3.63) is 83.6 Å². The van der Waals surface area contributed by atoms with Gasteiger partial charge < -0.3 is 15.4 Å². The summed E-state index contributed by atoms with van der Waals surface area (Å²) in [5.41, 5.74) is 3.23. The fraction of sp³-hybridized carbons (Fsp3) is 0.296. The predicted molar refractivity (Wildman–Crippen MR) is 134 cm³/mol. The van der Waals surface area contributed by atoms with E-state index in [4.69, 9.17) is 4.74 Å². The number of hydrogen-bond acceptors (Lipinski definition) is 6. The number of benzene rings is 1. The summed E-state index contributed by atoms with van der Waals surface area (Å²) in [5.74, 6) is 0.519. The van der Waals surface area contributed by atoms with E-state index in [1.165, 1.54) is 6.08 Å². The Morgan fingerprint density at radius 3 is 2.46 bits per heavy atom. The van der Waals surface area contributed by atoms with Crippen molar-refractivity contribution in [1.29, 1.82) is 0 Å². The Kier molecular flexibility index (Phi) is 7.59. The Labute approximate surface area is 212 Å². The molecule has 0 saturated heterocycles. The number of alkyl halides is 3. The largest absolute Gasteiger partial charge is 0.460 e. The summed E-state index contributed by atoms with van der Waals surface area (Å²) in [6.07, 6.45) is 5.66. The molecule has 1 fully saturated rings. The van der Waals surface area contributed by atoms with Crippen LogP contribution in [0.3, 0.4) is 0 Å². The molecule has 10 heteroatoms. The van der Waals surface area contributed by atoms with Crippen LogP contribution >= 0.6 is 0 Å². The zero-order chi connectivity index (χ0) is 26.5. The van der Waals surface area contributed by atoms with Gasteiger partial charge in [-0.15, -0.1) is 0 Å². The monoisotopic (exact) mass is 509 g/mol. The zero-order valence-electron chi connectivity index (χ0n) is 20.4. The molecule has 192 valence electrons. The first-order chi connectivity index (χ1) is 17.7. The van der Waals surface area contributed by atoms with E-state index >= 15 is 0 Å². The third-order valence-electron chi connectivity index (χ3n) is 5.92. The number of amides is 1. The van der Waals surface area contributed by atoms with Crippen LogP contribution in [-0.2, 0) is 16.0 Å². The van der Waals surface area contributed by atoms with Gasteiger partial charge in [0.05, 0.1) is 12.1 Å². The standard InChI is InChI=1S/C27H26F3N5O2/c1-3-5-23(31-4-2)35-25-32-16-20(17-33-25)19-8-6-18(7-9-19)14-24(36)34-21-10-13-37-22(15-21)26(11-12-26)27(28,29)30/h4-9,13,15-17H,3,11-12,14H2,1-2H3,(H,34,36)(H,32,33,35)/b23-5+,31-4-. The molecule has 0 unspecified atom stereocenters. The number of aromatic nitrogens is 2. The summed E-state index contributed by atoms with van der Waals surface area (Å²) in [4.78, 5) is 25.4. The first-order valence-corrected chi connectivity index (χ1v) is 11.8. The van der Waals surface area contributed by atoms with Gasteiger partial charge >= 0.3 is 6.18 Å².